The maximum Gasteiger partial charge on any atom is 0.232 e. The minimum atomic E-state index is 0.499. The lowest BCUT2D eigenvalue weighted by molar-refractivity contribution is 0.690. The molecule has 0 aliphatic rings. The van der Waals surface area contributed by atoms with E-state index < -0.39 is 0 Å². The SMILES string of the molecule is CCCN(CCC)c1nc(N(CCN)CCN)nc(N(CCN)CCN)n1. The van der Waals surface area contributed by atoms with Crippen LogP contribution in [0, 0.1) is 0 Å². The zero-order valence-corrected chi connectivity index (χ0v) is 17.0. The van der Waals surface area contributed by atoms with E-state index in [2.05, 4.69) is 18.7 Å². The number of nitrogens with zero attached hydrogens (tertiary/aromatic N) is 6. The van der Waals surface area contributed by atoms with Crippen molar-refractivity contribution in [1.29, 1.82) is 0 Å². The van der Waals surface area contributed by atoms with Gasteiger partial charge < -0.3 is 37.6 Å². The van der Waals surface area contributed by atoms with Gasteiger partial charge in [-0.05, 0) is 12.8 Å². The van der Waals surface area contributed by atoms with E-state index in [0.29, 0.717) is 70.2 Å². The van der Waals surface area contributed by atoms with Gasteiger partial charge in [0.25, 0.3) is 0 Å². The number of hydrogen-bond acceptors (Lipinski definition) is 10. The van der Waals surface area contributed by atoms with E-state index in [-0.39, 0.29) is 0 Å². The van der Waals surface area contributed by atoms with Crippen LogP contribution in [0.2, 0.25) is 0 Å². The lowest BCUT2D eigenvalue weighted by Crippen LogP contribution is -2.39. The van der Waals surface area contributed by atoms with Gasteiger partial charge >= 0.3 is 0 Å². The number of aromatic nitrogens is 3. The van der Waals surface area contributed by atoms with E-state index >= 15 is 0 Å². The second kappa shape index (κ2) is 13.4. The Balaban J connectivity index is 3.38. The molecule has 10 nitrogen and oxygen atoms in total. The summed E-state index contributed by atoms with van der Waals surface area (Å²) in [7, 11) is 0. The zero-order valence-electron chi connectivity index (χ0n) is 17.0. The summed E-state index contributed by atoms with van der Waals surface area (Å²) in [6, 6.07) is 0. The average Bonchev–Trinajstić information content (AvgIpc) is 2.67. The quantitative estimate of drug-likeness (QED) is 0.295. The standard InChI is InChI=1S/C17H38N10/c1-3-9-25(10-4-2)15-22-16(26(11-5-18)12-6-19)24-17(23-15)27(13-7-20)14-8-21/h3-14,18-21H2,1-2H3. The first-order valence-corrected chi connectivity index (χ1v) is 9.96. The molecule has 0 unspecified atom stereocenters. The van der Waals surface area contributed by atoms with Crippen LogP contribution in [-0.2, 0) is 0 Å². The highest BCUT2D eigenvalue weighted by Gasteiger charge is 2.19. The first kappa shape index (κ1) is 23.3. The number of hydrogen-bond donors (Lipinski definition) is 4. The van der Waals surface area contributed by atoms with Gasteiger partial charge in [0.15, 0.2) is 0 Å². The fourth-order valence-corrected chi connectivity index (χ4v) is 2.87. The Morgan fingerprint density at radius 3 is 1.00 bits per heavy atom. The van der Waals surface area contributed by atoms with Gasteiger partial charge in [0.2, 0.25) is 17.8 Å². The Morgan fingerprint density at radius 1 is 0.519 bits per heavy atom. The predicted octanol–water partition coefficient (Wildman–Crippen LogP) is -1.05. The Bertz CT molecular complexity index is 411. The van der Waals surface area contributed by atoms with E-state index in [9.17, 15) is 0 Å². The molecule has 1 heterocycles. The molecule has 0 fully saturated rings. The second-order valence-corrected chi connectivity index (χ2v) is 6.35. The van der Waals surface area contributed by atoms with E-state index in [0.717, 1.165) is 25.9 Å². The van der Waals surface area contributed by atoms with Gasteiger partial charge in [-0.3, -0.25) is 0 Å². The molecule has 0 amide bonds. The van der Waals surface area contributed by atoms with Gasteiger partial charge in [-0.25, -0.2) is 0 Å². The Morgan fingerprint density at radius 2 is 0.778 bits per heavy atom. The summed E-state index contributed by atoms with van der Waals surface area (Å²) in [4.78, 5) is 20.4. The van der Waals surface area contributed by atoms with Crippen LogP contribution in [0.1, 0.15) is 26.7 Å². The van der Waals surface area contributed by atoms with Gasteiger partial charge in [-0.15, -0.1) is 0 Å². The normalized spacial score (nSPS) is 10.9. The summed E-state index contributed by atoms with van der Waals surface area (Å²) in [5.74, 6) is 1.88. The molecule has 8 N–H and O–H groups in total. The summed E-state index contributed by atoms with van der Waals surface area (Å²) >= 11 is 0. The number of anilines is 3. The van der Waals surface area contributed by atoms with Crippen LogP contribution in [0.5, 0.6) is 0 Å². The second-order valence-electron chi connectivity index (χ2n) is 6.35. The fourth-order valence-electron chi connectivity index (χ4n) is 2.87. The van der Waals surface area contributed by atoms with Crippen molar-refractivity contribution < 1.29 is 0 Å². The summed E-state index contributed by atoms with van der Waals surface area (Å²) in [6.07, 6.45) is 2.03. The maximum atomic E-state index is 5.78. The van der Waals surface area contributed by atoms with E-state index in [1.807, 2.05) is 9.80 Å². The van der Waals surface area contributed by atoms with Crippen molar-refractivity contribution in [1.82, 2.24) is 15.0 Å². The predicted molar refractivity (Wildman–Crippen MR) is 113 cm³/mol. The Labute approximate surface area is 163 Å². The number of rotatable bonds is 15. The van der Waals surface area contributed by atoms with E-state index in [1.54, 1.807) is 0 Å². The number of nitrogens with two attached hydrogens (primary N) is 4. The van der Waals surface area contributed by atoms with Crippen molar-refractivity contribution in [3.8, 4) is 0 Å². The molecule has 27 heavy (non-hydrogen) atoms. The Kier molecular flexibility index (Phi) is 11.6. The summed E-state index contributed by atoms with van der Waals surface area (Å²) in [5, 5.41) is 0. The highest BCUT2D eigenvalue weighted by molar-refractivity contribution is 5.46. The molecule has 1 rings (SSSR count). The maximum absolute atomic E-state index is 5.78. The lowest BCUT2D eigenvalue weighted by Gasteiger charge is -2.28. The molecule has 0 saturated carbocycles. The molecule has 0 aliphatic heterocycles. The third-order valence-corrected chi connectivity index (χ3v) is 4.03. The average molecular weight is 383 g/mol. The van der Waals surface area contributed by atoms with Crippen LogP contribution in [0.15, 0.2) is 0 Å². The van der Waals surface area contributed by atoms with Crippen LogP contribution in [-0.4, -0.2) is 80.4 Å². The molecule has 0 spiro atoms. The van der Waals surface area contributed by atoms with Crippen molar-refractivity contribution in [2.75, 3.05) is 80.1 Å². The Hall–Kier alpha value is -1.75. The molecule has 0 bridgehead atoms. The van der Waals surface area contributed by atoms with Gasteiger partial charge in [0.05, 0.1) is 0 Å². The molecule has 0 aliphatic carbocycles. The van der Waals surface area contributed by atoms with Crippen LogP contribution >= 0.6 is 0 Å². The molecule has 0 saturated heterocycles. The monoisotopic (exact) mass is 382 g/mol. The molecule has 156 valence electrons. The first-order valence-electron chi connectivity index (χ1n) is 9.96. The molecule has 1 aromatic rings. The van der Waals surface area contributed by atoms with Gasteiger partial charge in [-0.1, -0.05) is 13.8 Å². The van der Waals surface area contributed by atoms with Crippen LogP contribution in [0.3, 0.4) is 0 Å². The lowest BCUT2D eigenvalue weighted by atomic mass is 10.4. The third kappa shape index (κ3) is 7.41. The van der Waals surface area contributed by atoms with E-state index in [1.165, 1.54) is 0 Å². The highest BCUT2D eigenvalue weighted by Crippen LogP contribution is 2.19. The van der Waals surface area contributed by atoms with Gasteiger partial charge in [-0.2, -0.15) is 15.0 Å². The van der Waals surface area contributed by atoms with Gasteiger partial charge in [0.1, 0.15) is 0 Å². The smallest absolute Gasteiger partial charge is 0.232 e. The molecular formula is C17H38N10. The minimum Gasteiger partial charge on any atom is -0.341 e. The molecule has 0 atom stereocenters. The summed E-state index contributed by atoms with van der Waals surface area (Å²) in [5.41, 5.74) is 23.1. The molecule has 0 aromatic carbocycles. The zero-order chi connectivity index (χ0) is 20.1. The van der Waals surface area contributed by atoms with Crippen molar-refractivity contribution in [3.05, 3.63) is 0 Å². The minimum absolute atomic E-state index is 0.499. The van der Waals surface area contributed by atoms with Crippen LogP contribution in [0.25, 0.3) is 0 Å². The molecule has 1 aromatic heterocycles. The van der Waals surface area contributed by atoms with E-state index in [4.69, 9.17) is 37.9 Å². The van der Waals surface area contributed by atoms with Crippen LogP contribution in [0.4, 0.5) is 17.8 Å². The first-order chi connectivity index (χ1) is 13.1. The largest absolute Gasteiger partial charge is 0.341 e. The third-order valence-electron chi connectivity index (χ3n) is 4.03. The van der Waals surface area contributed by atoms with Crippen molar-refractivity contribution in [2.45, 2.75) is 26.7 Å². The summed E-state index contributed by atoms with van der Waals surface area (Å²) in [6.45, 7) is 10.6. The topological polar surface area (TPSA) is 152 Å². The van der Waals surface area contributed by atoms with Crippen molar-refractivity contribution in [3.63, 3.8) is 0 Å². The van der Waals surface area contributed by atoms with Crippen LogP contribution < -0.4 is 37.6 Å². The van der Waals surface area contributed by atoms with Gasteiger partial charge in [0, 0.05) is 65.4 Å². The molecule has 0 radical (unpaired) electrons. The molecular weight excluding hydrogens is 344 g/mol. The van der Waals surface area contributed by atoms with Crippen molar-refractivity contribution >= 4 is 17.8 Å². The molecule has 10 heteroatoms. The highest BCUT2D eigenvalue weighted by atomic mass is 15.4. The van der Waals surface area contributed by atoms with Crippen molar-refractivity contribution in [2.24, 2.45) is 22.9 Å². The fraction of sp³-hybridized carbons (Fsp3) is 0.824. The summed E-state index contributed by atoms with van der Waals surface area (Å²) < 4.78 is 0.